The minimum absolute atomic E-state index is 0. The summed E-state index contributed by atoms with van der Waals surface area (Å²) in [4.78, 5) is 6.35. The number of aliphatic imine (C=N–C) groups is 1. The van der Waals surface area contributed by atoms with Crippen molar-refractivity contribution < 1.29 is 23.0 Å². The average Bonchev–Trinajstić information content (AvgIpc) is 2.96. The molecular weight excluding hydrogens is 450 g/mol. The van der Waals surface area contributed by atoms with E-state index >= 15 is 0 Å². The molecule has 0 spiro atoms. The van der Waals surface area contributed by atoms with Crippen LogP contribution in [-0.2, 0) is 6.18 Å². The number of hydrogen-bond donors (Lipinski definition) is 2. The summed E-state index contributed by atoms with van der Waals surface area (Å²) in [6.07, 6.45) is -4.03. The smallest absolute Gasteiger partial charge is 0.416 e. The van der Waals surface area contributed by atoms with Crippen molar-refractivity contribution in [3.05, 3.63) is 29.8 Å². The number of alkyl halides is 3. The van der Waals surface area contributed by atoms with Gasteiger partial charge in [-0.3, -0.25) is 0 Å². The molecule has 0 bridgehead atoms. The van der Waals surface area contributed by atoms with Crippen LogP contribution in [0, 0.1) is 0 Å². The highest BCUT2D eigenvalue weighted by atomic mass is 127. The Bertz CT molecular complexity index is 570. The standard InChI is InChI=1S/C16H22F3N3O2.HI/c1-2-20-15(22-8-6-13(23)11-22)21-7-9-24-14-5-3-4-12(10-14)16(17,18)19;/h3-5,10,13,23H,2,6-9,11H2,1H3,(H,20,21);1H/t13-;/m1./s1. The second-order valence-electron chi connectivity index (χ2n) is 5.50. The molecule has 1 saturated heterocycles. The van der Waals surface area contributed by atoms with Gasteiger partial charge in [0.2, 0.25) is 0 Å². The number of halogens is 4. The Morgan fingerprint density at radius 2 is 2.20 bits per heavy atom. The van der Waals surface area contributed by atoms with Crippen LogP contribution in [0.4, 0.5) is 13.2 Å². The van der Waals surface area contributed by atoms with Crippen LogP contribution in [0.2, 0.25) is 0 Å². The van der Waals surface area contributed by atoms with Crippen LogP contribution in [0.5, 0.6) is 5.75 Å². The van der Waals surface area contributed by atoms with Crippen LogP contribution in [0.25, 0.3) is 0 Å². The zero-order valence-electron chi connectivity index (χ0n) is 13.9. The van der Waals surface area contributed by atoms with Crippen LogP contribution >= 0.6 is 24.0 Å². The van der Waals surface area contributed by atoms with E-state index in [0.717, 1.165) is 18.7 Å². The lowest BCUT2D eigenvalue weighted by molar-refractivity contribution is -0.137. The van der Waals surface area contributed by atoms with Gasteiger partial charge in [0.05, 0.1) is 18.2 Å². The van der Waals surface area contributed by atoms with Gasteiger partial charge in [-0.2, -0.15) is 13.2 Å². The third-order valence-electron chi connectivity index (χ3n) is 3.58. The fourth-order valence-corrected chi connectivity index (χ4v) is 2.44. The lowest BCUT2D eigenvalue weighted by atomic mass is 10.2. The molecular formula is C16H23F3IN3O2. The fourth-order valence-electron chi connectivity index (χ4n) is 2.44. The molecule has 2 rings (SSSR count). The summed E-state index contributed by atoms with van der Waals surface area (Å²) in [6.45, 7) is 4.38. The van der Waals surface area contributed by atoms with Gasteiger partial charge in [0.25, 0.3) is 0 Å². The number of benzene rings is 1. The van der Waals surface area contributed by atoms with Gasteiger partial charge < -0.3 is 20.1 Å². The third-order valence-corrected chi connectivity index (χ3v) is 3.58. The predicted molar refractivity (Wildman–Crippen MR) is 101 cm³/mol. The normalized spacial score (nSPS) is 18.0. The number of β-amino-alcohol motifs (C(OH)–C–C–N with tert-alkyl or cyclic N) is 1. The van der Waals surface area contributed by atoms with Gasteiger partial charge in [-0.25, -0.2) is 4.99 Å². The number of hydrogen-bond acceptors (Lipinski definition) is 3. The Hall–Kier alpha value is -1.23. The number of aliphatic hydroxyl groups is 1. The van der Waals surface area contributed by atoms with E-state index in [2.05, 4.69) is 10.3 Å². The molecule has 2 N–H and O–H groups in total. The molecule has 1 atom stereocenters. The number of guanidine groups is 1. The first kappa shape index (κ1) is 21.8. The van der Waals surface area contributed by atoms with Gasteiger partial charge in [0, 0.05) is 19.6 Å². The van der Waals surface area contributed by atoms with Crippen molar-refractivity contribution in [3.63, 3.8) is 0 Å². The van der Waals surface area contributed by atoms with E-state index in [1.54, 1.807) is 0 Å². The minimum atomic E-state index is -4.38. The van der Waals surface area contributed by atoms with Crippen LogP contribution in [-0.4, -0.2) is 54.9 Å². The fraction of sp³-hybridized carbons (Fsp3) is 0.562. The molecule has 0 aliphatic carbocycles. The quantitative estimate of drug-likeness (QED) is 0.299. The van der Waals surface area contributed by atoms with Crippen molar-refractivity contribution >= 4 is 29.9 Å². The van der Waals surface area contributed by atoms with Crippen molar-refractivity contribution in [2.24, 2.45) is 4.99 Å². The van der Waals surface area contributed by atoms with Crippen LogP contribution < -0.4 is 10.1 Å². The van der Waals surface area contributed by atoms with Gasteiger partial charge in [-0.15, -0.1) is 24.0 Å². The SMILES string of the molecule is CCNC(=NCCOc1cccc(C(F)(F)F)c1)N1CC[C@@H](O)C1.I. The van der Waals surface area contributed by atoms with Crippen molar-refractivity contribution in [2.75, 3.05) is 32.8 Å². The molecule has 0 aromatic heterocycles. The number of nitrogens with zero attached hydrogens (tertiary/aromatic N) is 2. The Labute approximate surface area is 162 Å². The van der Waals surface area contributed by atoms with E-state index in [0.29, 0.717) is 32.0 Å². The topological polar surface area (TPSA) is 57.1 Å². The number of rotatable bonds is 5. The maximum atomic E-state index is 12.6. The summed E-state index contributed by atoms with van der Waals surface area (Å²) < 4.78 is 43.3. The highest BCUT2D eigenvalue weighted by Gasteiger charge is 2.30. The highest BCUT2D eigenvalue weighted by molar-refractivity contribution is 14.0. The summed E-state index contributed by atoms with van der Waals surface area (Å²) in [5.41, 5.74) is -0.733. The molecule has 1 fully saturated rings. The lowest BCUT2D eigenvalue weighted by Gasteiger charge is -2.20. The summed E-state index contributed by atoms with van der Waals surface area (Å²) >= 11 is 0. The molecule has 25 heavy (non-hydrogen) atoms. The third kappa shape index (κ3) is 6.89. The van der Waals surface area contributed by atoms with E-state index in [1.807, 2.05) is 11.8 Å². The zero-order valence-corrected chi connectivity index (χ0v) is 16.3. The second kappa shape index (κ2) is 10.0. The van der Waals surface area contributed by atoms with Gasteiger partial charge in [-0.05, 0) is 31.5 Å². The summed E-state index contributed by atoms with van der Waals surface area (Å²) in [5.74, 6) is 0.850. The highest BCUT2D eigenvalue weighted by Crippen LogP contribution is 2.31. The van der Waals surface area contributed by atoms with E-state index in [4.69, 9.17) is 4.74 Å². The maximum Gasteiger partial charge on any atom is 0.416 e. The van der Waals surface area contributed by atoms with Crippen molar-refractivity contribution in [1.82, 2.24) is 10.2 Å². The molecule has 0 saturated carbocycles. The molecule has 1 heterocycles. The van der Waals surface area contributed by atoms with E-state index in [1.165, 1.54) is 12.1 Å². The summed E-state index contributed by atoms with van der Waals surface area (Å²) in [5, 5.41) is 12.7. The molecule has 1 aromatic carbocycles. The first-order valence-corrected chi connectivity index (χ1v) is 7.91. The summed E-state index contributed by atoms with van der Waals surface area (Å²) in [6, 6.07) is 4.79. The van der Waals surface area contributed by atoms with Crippen molar-refractivity contribution in [3.8, 4) is 5.75 Å². The monoisotopic (exact) mass is 473 g/mol. The summed E-state index contributed by atoms with van der Waals surface area (Å²) in [7, 11) is 0. The molecule has 9 heteroatoms. The molecule has 142 valence electrons. The Morgan fingerprint density at radius 1 is 1.44 bits per heavy atom. The Morgan fingerprint density at radius 3 is 2.80 bits per heavy atom. The van der Waals surface area contributed by atoms with E-state index in [-0.39, 0.29) is 42.4 Å². The lowest BCUT2D eigenvalue weighted by Crippen LogP contribution is -2.40. The largest absolute Gasteiger partial charge is 0.492 e. The van der Waals surface area contributed by atoms with Gasteiger partial charge in [0.1, 0.15) is 12.4 Å². The Kier molecular flexibility index (Phi) is 8.77. The minimum Gasteiger partial charge on any atom is -0.492 e. The van der Waals surface area contributed by atoms with E-state index < -0.39 is 11.7 Å². The molecule has 1 aliphatic rings. The van der Waals surface area contributed by atoms with Crippen LogP contribution in [0.3, 0.4) is 0 Å². The van der Waals surface area contributed by atoms with Crippen molar-refractivity contribution in [1.29, 1.82) is 0 Å². The molecule has 0 radical (unpaired) electrons. The number of aliphatic hydroxyl groups excluding tert-OH is 1. The predicted octanol–water partition coefficient (Wildman–Crippen LogP) is 2.73. The number of nitrogens with one attached hydrogen (secondary N) is 1. The van der Waals surface area contributed by atoms with Crippen LogP contribution in [0.1, 0.15) is 18.9 Å². The van der Waals surface area contributed by atoms with Crippen LogP contribution in [0.15, 0.2) is 29.3 Å². The van der Waals surface area contributed by atoms with Gasteiger partial charge in [0.15, 0.2) is 5.96 Å². The average molecular weight is 473 g/mol. The number of ether oxygens (including phenoxy) is 1. The number of likely N-dealkylation sites (tertiary alicyclic amines) is 1. The molecule has 5 nitrogen and oxygen atoms in total. The first-order valence-electron chi connectivity index (χ1n) is 7.91. The molecule has 1 aliphatic heterocycles. The Balaban J connectivity index is 0.00000312. The molecule has 0 unspecified atom stereocenters. The molecule has 1 aromatic rings. The zero-order chi connectivity index (χ0) is 17.6. The second-order valence-corrected chi connectivity index (χ2v) is 5.50. The van der Waals surface area contributed by atoms with Gasteiger partial charge in [-0.1, -0.05) is 6.07 Å². The molecule has 0 amide bonds. The van der Waals surface area contributed by atoms with E-state index in [9.17, 15) is 18.3 Å². The van der Waals surface area contributed by atoms with Crippen molar-refractivity contribution in [2.45, 2.75) is 25.6 Å². The first-order chi connectivity index (χ1) is 11.4. The maximum absolute atomic E-state index is 12.6. The van der Waals surface area contributed by atoms with Gasteiger partial charge >= 0.3 is 6.18 Å².